The third kappa shape index (κ3) is 3.90. The van der Waals surface area contributed by atoms with Crippen LogP contribution in [-0.2, 0) is 4.79 Å². The van der Waals surface area contributed by atoms with E-state index in [4.69, 9.17) is 11.6 Å². The lowest BCUT2D eigenvalue weighted by atomic mass is 10.0. The average molecular weight is 252 g/mol. The molecule has 0 fully saturated rings. The highest BCUT2D eigenvalue weighted by Crippen LogP contribution is 2.20. The zero-order valence-electron chi connectivity index (χ0n) is 10.7. The van der Waals surface area contributed by atoms with Gasteiger partial charge in [-0.3, -0.25) is 4.79 Å². The van der Waals surface area contributed by atoms with E-state index in [0.717, 1.165) is 11.3 Å². The third-order valence-electron chi connectivity index (χ3n) is 2.47. The molecule has 2 nitrogen and oxygen atoms in total. The Kier molecular flexibility index (Phi) is 4.76. The van der Waals surface area contributed by atoms with Crippen LogP contribution in [0.5, 0.6) is 0 Å². The van der Waals surface area contributed by atoms with Crippen LogP contribution in [0.2, 0.25) is 5.02 Å². The maximum Gasteiger partial charge on any atom is 0.160 e. The van der Waals surface area contributed by atoms with Gasteiger partial charge in [-0.15, -0.1) is 0 Å². The molecule has 3 heteroatoms. The quantitative estimate of drug-likeness (QED) is 0.764. The van der Waals surface area contributed by atoms with Gasteiger partial charge in [0, 0.05) is 36.8 Å². The van der Waals surface area contributed by atoms with Crippen LogP contribution in [0.1, 0.15) is 19.4 Å². The minimum absolute atomic E-state index is 0.0113. The van der Waals surface area contributed by atoms with Gasteiger partial charge in [-0.25, -0.2) is 0 Å². The van der Waals surface area contributed by atoms with Crippen molar-refractivity contribution in [1.29, 1.82) is 0 Å². The van der Waals surface area contributed by atoms with E-state index in [1.54, 1.807) is 6.08 Å². The van der Waals surface area contributed by atoms with Crippen molar-refractivity contribution in [1.82, 2.24) is 4.90 Å². The van der Waals surface area contributed by atoms with Gasteiger partial charge in [0.1, 0.15) is 0 Å². The van der Waals surface area contributed by atoms with Gasteiger partial charge < -0.3 is 4.90 Å². The van der Waals surface area contributed by atoms with Gasteiger partial charge in [0.15, 0.2) is 5.78 Å². The minimum Gasteiger partial charge on any atom is -0.377 e. The first-order chi connectivity index (χ1) is 7.91. The number of rotatable bonds is 4. The summed E-state index contributed by atoms with van der Waals surface area (Å²) in [5, 5.41) is 0.696. The van der Waals surface area contributed by atoms with Gasteiger partial charge >= 0.3 is 0 Å². The lowest BCUT2D eigenvalue weighted by Gasteiger charge is -2.18. The Labute approximate surface area is 108 Å². The van der Waals surface area contributed by atoms with E-state index >= 15 is 0 Å². The highest BCUT2D eigenvalue weighted by molar-refractivity contribution is 6.30. The van der Waals surface area contributed by atoms with E-state index in [1.807, 2.05) is 57.1 Å². The molecule has 0 aromatic heterocycles. The number of carbonyl (C=O) groups is 1. The molecule has 0 radical (unpaired) electrons. The van der Waals surface area contributed by atoms with Gasteiger partial charge in [0.25, 0.3) is 0 Å². The summed E-state index contributed by atoms with van der Waals surface area (Å²) < 4.78 is 0. The fourth-order valence-corrected chi connectivity index (χ4v) is 1.52. The molecule has 92 valence electrons. The zero-order valence-corrected chi connectivity index (χ0v) is 11.5. The molecule has 0 atom stereocenters. The fraction of sp³-hybridized carbons (Fsp3) is 0.357. The van der Waals surface area contributed by atoms with E-state index in [-0.39, 0.29) is 11.7 Å². The van der Waals surface area contributed by atoms with Gasteiger partial charge in [-0.1, -0.05) is 37.6 Å². The first-order valence-corrected chi connectivity index (χ1v) is 5.98. The van der Waals surface area contributed by atoms with Crippen LogP contribution in [0.4, 0.5) is 0 Å². The summed E-state index contributed by atoms with van der Waals surface area (Å²) in [5.41, 5.74) is 1.90. The third-order valence-corrected chi connectivity index (χ3v) is 2.72. The molecule has 1 rings (SSSR count). The van der Waals surface area contributed by atoms with E-state index in [0.29, 0.717) is 5.02 Å². The predicted octanol–water partition coefficient (Wildman–Crippen LogP) is 3.47. The molecule has 0 aliphatic carbocycles. The van der Waals surface area contributed by atoms with Crippen LogP contribution >= 0.6 is 11.6 Å². The number of hydrogen-bond donors (Lipinski definition) is 0. The van der Waals surface area contributed by atoms with Gasteiger partial charge in [-0.2, -0.15) is 0 Å². The predicted molar refractivity (Wildman–Crippen MR) is 73.0 cm³/mol. The summed E-state index contributed by atoms with van der Waals surface area (Å²) in [5.74, 6) is 0.140. The SMILES string of the molecule is CC(C)C(=O)C=C(c1ccc(Cl)cc1)N(C)C. The Balaban J connectivity index is 3.10. The molecule has 0 aliphatic rings. The number of ketones is 1. The van der Waals surface area contributed by atoms with E-state index in [9.17, 15) is 4.79 Å². The molecule has 0 bridgehead atoms. The molecule has 0 unspecified atom stereocenters. The monoisotopic (exact) mass is 251 g/mol. The highest BCUT2D eigenvalue weighted by atomic mass is 35.5. The molecular formula is C14H18ClNO. The lowest BCUT2D eigenvalue weighted by molar-refractivity contribution is -0.117. The number of hydrogen-bond acceptors (Lipinski definition) is 2. The van der Waals surface area contributed by atoms with Crippen LogP contribution in [0.25, 0.3) is 5.70 Å². The molecule has 1 aromatic rings. The molecule has 0 N–H and O–H groups in total. The van der Waals surface area contributed by atoms with Crippen LogP contribution in [0.15, 0.2) is 30.3 Å². The number of nitrogens with zero attached hydrogens (tertiary/aromatic N) is 1. The van der Waals surface area contributed by atoms with Crippen molar-refractivity contribution >= 4 is 23.1 Å². The number of halogens is 1. The molecule has 17 heavy (non-hydrogen) atoms. The zero-order chi connectivity index (χ0) is 13.0. The second kappa shape index (κ2) is 5.87. The second-order valence-electron chi connectivity index (χ2n) is 4.49. The number of allylic oxidation sites excluding steroid dienone is 1. The second-order valence-corrected chi connectivity index (χ2v) is 4.92. The molecule has 0 spiro atoms. The van der Waals surface area contributed by atoms with Crippen molar-refractivity contribution in [3.63, 3.8) is 0 Å². The van der Waals surface area contributed by atoms with Crippen LogP contribution in [-0.4, -0.2) is 24.8 Å². The maximum absolute atomic E-state index is 11.8. The van der Waals surface area contributed by atoms with Crippen molar-refractivity contribution in [3.8, 4) is 0 Å². The molecule has 0 saturated heterocycles. The van der Waals surface area contributed by atoms with Gasteiger partial charge in [0.2, 0.25) is 0 Å². The summed E-state index contributed by atoms with van der Waals surface area (Å²) >= 11 is 5.85. The molecule has 0 amide bonds. The lowest BCUT2D eigenvalue weighted by Crippen LogP contribution is -2.13. The van der Waals surface area contributed by atoms with Crippen LogP contribution in [0, 0.1) is 5.92 Å². The maximum atomic E-state index is 11.8. The van der Waals surface area contributed by atoms with E-state index in [2.05, 4.69) is 0 Å². The van der Waals surface area contributed by atoms with E-state index < -0.39 is 0 Å². The van der Waals surface area contributed by atoms with Crippen LogP contribution < -0.4 is 0 Å². The first kappa shape index (κ1) is 13.8. The summed E-state index contributed by atoms with van der Waals surface area (Å²) in [4.78, 5) is 13.7. The molecule has 0 heterocycles. The summed E-state index contributed by atoms with van der Waals surface area (Å²) in [7, 11) is 3.85. The average Bonchev–Trinajstić information content (AvgIpc) is 2.26. The Bertz CT molecular complexity index is 418. The minimum atomic E-state index is 0.0113. The molecule has 0 saturated carbocycles. The van der Waals surface area contributed by atoms with Crippen molar-refractivity contribution in [2.75, 3.05) is 14.1 Å². The highest BCUT2D eigenvalue weighted by Gasteiger charge is 2.09. The van der Waals surface area contributed by atoms with Crippen molar-refractivity contribution in [3.05, 3.63) is 40.9 Å². The summed E-state index contributed by atoms with van der Waals surface area (Å²) in [6.07, 6.45) is 1.69. The van der Waals surface area contributed by atoms with Crippen molar-refractivity contribution in [2.24, 2.45) is 5.92 Å². The number of benzene rings is 1. The Morgan fingerprint density at radius 3 is 2.18 bits per heavy atom. The topological polar surface area (TPSA) is 20.3 Å². The Morgan fingerprint density at radius 2 is 1.76 bits per heavy atom. The standard InChI is InChI=1S/C14H18ClNO/c1-10(2)14(17)9-13(16(3)4)11-5-7-12(15)8-6-11/h5-10H,1-4H3. The Morgan fingerprint density at radius 1 is 1.24 bits per heavy atom. The first-order valence-electron chi connectivity index (χ1n) is 5.60. The largest absolute Gasteiger partial charge is 0.377 e. The molecular weight excluding hydrogens is 234 g/mol. The van der Waals surface area contributed by atoms with Crippen LogP contribution in [0.3, 0.4) is 0 Å². The summed E-state index contributed by atoms with van der Waals surface area (Å²) in [6, 6.07) is 7.49. The van der Waals surface area contributed by atoms with Crippen molar-refractivity contribution < 1.29 is 4.79 Å². The Hall–Kier alpha value is -1.28. The normalized spacial score (nSPS) is 11.8. The fourth-order valence-electron chi connectivity index (χ4n) is 1.39. The van der Waals surface area contributed by atoms with Gasteiger partial charge in [-0.05, 0) is 17.7 Å². The molecule has 0 aliphatic heterocycles. The molecule has 1 aromatic carbocycles. The van der Waals surface area contributed by atoms with Gasteiger partial charge in [0.05, 0.1) is 0 Å². The summed E-state index contributed by atoms with van der Waals surface area (Å²) in [6.45, 7) is 3.79. The van der Waals surface area contributed by atoms with E-state index in [1.165, 1.54) is 0 Å². The number of carbonyl (C=O) groups excluding carboxylic acids is 1. The smallest absolute Gasteiger partial charge is 0.160 e. The van der Waals surface area contributed by atoms with Crippen molar-refractivity contribution in [2.45, 2.75) is 13.8 Å².